The van der Waals surface area contributed by atoms with Gasteiger partial charge in [0.1, 0.15) is 11.1 Å². The van der Waals surface area contributed by atoms with E-state index in [-0.39, 0.29) is 5.91 Å². The first-order valence-corrected chi connectivity index (χ1v) is 6.41. The number of thiophene rings is 1. The van der Waals surface area contributed by atoms with Crippen molar-refractivity contribution in [3.63, 3.8) is 0 Å². The van der Waals surface area contributed by atoms with E-state index >= 15 is 0 Å². The standard InChI is InChI=1S/C12H17N3OS/c1-8-9(2)17-12(10(8)7-14)15-11(16)5-3-4-6-13/h3-6,13H2,1-2H3,(H,15,16). The molecule has 1 rings (SSSR count). The van der Waals surface area contributed by atoms with Crippen LogP contribution in [0.25, 0.3) is 0 Å². The number of carbonyl (C=O) groups excluding carboxylic acids is 1. The Morgan fingerprint density at radius 2 is 2.18 bits per heavy atom. The van der Waals surface area contributed by atoms with Crippen LogP contribution in [0.3, 0.4) is 0 Å². The van der Waals surface area contributed by atoms with Gasteiger partial charge in [-0.25, -0.2) is 0 Å². The minimum Gasteiger partial charge on any atom is -0.330 e. The van der Waals surface area contributed by atoms with Crippen LogP contribution in [-0.2, 0) is 4.79 Å². The van der Waals surface area contributed by atoms with Gasteiger partial charge in [0, 0.05) is 11.3 Å². The second-order valence-corrected chi connectivity index (χ2v) is 5.12. The first-order chi connectivity index (χ1) is 8.10. The summed E-state index contributed by atoms with van der Waals surface area (Å²) in [5.41, 5.74) is 6.90. The Bertz CT molecular complexity index is 445. The lowest BCUT2D eigenvalue weighted by atomic mass is 10.2. The smallest absolute Gasteiger partial charge is 0.225 e. The SMILES string of the molecule is Cc1sc(NC(=O)CCCCN)c(C#N)c1C. The van der Waals surface area contributed by atoms with Gasteiger partial charge in [-0.3, -0.25) is 4.79 Å². The average molecular weight is 251 g/mol. The van der Waals surface area contributed by atoms with E-state index in [2.05, 4.69) is 11.4 Å². The second-order valence-electron chi connectivity index (χ2n) is 3.89. The average Bonchev–Trinajstić information content (AvgIpc) is 2.54. The fourth-order valence-corrected chi connectivity index (χ4v) is 2.50. The predicted molar refractivity (Wildman–Crippen MR) is 70.0 cm³/mol. The second kappa shape index (κ2) is 6.38. The topological polar surface area (TPSA) is 78.9 Å². The first-order valence-electron chi connectivity index (χ1n) is 5.60. The molecule has 1 heterocycles. The molecule has 1 aromatic rings. The molecule has 3 N–H and O–H groups in total. The number of aryl methyl sites for hydroxylation is 1. The van der Waals surface area contributed by atoms with Crippen LogP contribution in [0.4, 0.5) is 5.00 Å². The molecule has 0 spiro atoms. The lowest BCUT2D eigenvalue weighted by molar-refractivity contribution is -0.116. The van der Waals surface area contributed by atoms with Crippen molar-refractivity contribution in [2.24, 2.45) is 5.73 Å². The van der Waals surface area contributed by atoms with E-state index in [0.29, 0.717) is 23.5 Å². The van der Waals surface area contributed by atoms with E-state index in [1.807, 2.05) is 13.8 Å². The zero-order valence-corrected chi connectivity index (χ0v) is 11.0. The van der Waals surface area contributed by atoms with Gasteiger partial charge in [0.15, 0.2) is 0 Å². The lowest BCUT2D eigenvalue weighted by Gasteiger charge is -2.02. The molecule has 5 heteroatoms. The van der Waals surface area contributed by atoms with Crippen molar-refractivity contribution in [3.05, 3.63) is 16.0 Å². The minimum absolute atomic E-state index is 0.0452. The highest BCUT2D eigenvalue weighted by Gasteiger charge is 2.14. The molecule has 0 aliphatic carbocycles. The molecule has 1 amide bonds. The molecule has 0 saturated carbocycles. The molecule has 1 aromatic heterocycles. The highest BCUT2D eigenvalue weighted by Crippen LogP contribution is 2.31. The molecule has 0 bridgehead atoms. The van der Waals surface area contributed by atoms with E-state index in [1.165, 1.54) is 11.3 Å². The van der Waals surface area contributed by atoms with E-state index in [1.54, 1.807) is 0 Å². The van der Waals surface area contributed by atoms with Crippen LogP contribution in [0.1, 0.15) is 35.3 Å². The van der Waals surface area contributed by atoms with Crippen LogP contribution >= 0.6 is 11.3 Å². The molecule has 0 fully saturated rings. The summed E-state index contributed by atoms with van der Waals surface area (Å²) in [4.78, 5) is 12.7. The molecule has 4 nitrogen and oxygen atoms in total. The quantitative estimate of drug-likeness (QED) is 0.788. The molecule has 0 saturated heterocycles. The summed E-state index contributed by atoms with van der Waals surface area (Å²) in [6.45, 7) is 4.45. The summed E-state index contributed by atoms with van der Waals surface area (Å²) in [6, 6.07) is 2.13. The van der Waals surface area contributed by atoms with Crippen molar-refractivity contribution in [2.45, 2.75) is 33.1 Å². The number of nitrogens with two attached hydrogens (primary N) is 1. The van der Waals surface area contributed by atoms with Gasteiger partial charge in [-0.15, -0.1) is 11.3 Å². The molecule has 0 aromatic carbocycles. The Morgan fingerprint density at radius 3 is 2.76 bits per heavy atom. The van der Waals surface area contributed by atoms with Crippen molar-refractivity contribution in [1.82, 2.24) is 0 Å². The van der Waals surface area contributed by atoms with Crippen molar-refractivity contribution < 1.29 is 4.79 Å². The van der Waals surface area contributed by atoms with Crippen LogP contribution in [0, 0.1) is 25.2 Å². The van der Waals surface area contributed by atoms with E-state index < -0.39 is 0 Å². The van der Waals surface area contributed by atoms with Crippen molar-refractivity contribution in [1.29, 1.82) is 5.26 Å². The summed E-state index contributed by atoms with van der Waals surface area (Å²) >= 11 is 1.45. The molecular weight excluding hydrogens is 234 g/mol. The molecule has 0 radical (unpaired) electrons. The summed E-state index contributed by atoms with van der Waals surface area (Å²) in [5.74, 6) is -0.0452. The van der Waals surface area contributed by atoms with Crippen LogP contribution < -0.4 is 11.1 Å². The summed E-state index contributed by atoms with van der Waals surface area (Å²) < 4.78 is 0. The summed E-state index contributed by atoms with van der Waals surface area (Å²) in [5, 5.41) is 12.5. The third-order valence-electron chi connectivity index (χ3n) is 2.61. The fraction of sp³-hybridized carbons (Fsp3) is 0.500. The maximum absolute atomic E-state index is 11.6. The van der Waals surface area contributed by atoms with E-state index in [9.17, 15) is 4.79 Å². The van der Waals surface area contributed by atoms with Gasteiger partial charge in [-0.05, 0) is 38.8 Å². The molecule has 0 unspecified atom stereocenters. The molecule has 0 atom stereocenters. The van der Waals surface area contributed by atoms with Crippen molar-refractivity contribution in [3.8, 4) is 6.07 Å². The Kier molecular flexibility index (Phi) is 5.13. The molecule has 0 aliphatic rings. The number of nitrogens with zero attached hydrogens (tertiary/aromatic N) is 1. The Balaban J connectivity index is 2.66. The normalized spacial score (nSPS) is 10.0. The number of nitriles is 1. The van der Waals surface area contributed by atoms with Gasteiger partial charge in [-0.1, -0.05) is 0 Å². The third kappa shape index (κ3) is 3.55. The Labute approximate surface area is 105 Å². The van der Waals surface area contributed by atoms with Crippen LogP contribution in [0.5, 0.6) is 0 Å². The maximum Gasteiger partial charge on any atom is 0.225 e. The lowest BCUT2D eigenvalue weighted by Crippen LogP contribution is -2.11. The number of hydrogen-bond acceptors (Lipinski definition) is 4. The number of rotatable bonds is 5. The molecular formula is C12H17N3OS. The highest BCUT2D eigenvalue weighted by atomic mass is 32.1. The number of hydrogen-bond donors (Lipinski definition) is 2. The monoisotopic (exact) mass is 251 g/mol. The zero-order valence-electron chi connectivity index (χ0n) is 10.2. The van der Waals surface area contributed by atoms with Crippen molar-refractivity contribution >= 4 is 22.2 Å². The Hall–Kier alpha value is -1.38. The maximum atomic E-state index is 11.6. The largest absolute Gasteiger partial charge is 0.330 e. The van der Waals surface area contributed by atoms with Crippen LogP contribution in [-0.4, -0.2) is 12.5 Å². The van der Waals surface area contributed by atoms with Crippen molar-refractivity contribution in [2.75, 3.05) is 11.9 Å². The minimum atomic E-state index is -0.0452. The van der Waals surface area contributed by atoms with Crippen LogP contribution in [0.2, 0.25) is 0 Å². The summed E-state index contributed by atoms with van der Waals surface area (Å²) in [7, 11) is 0. The zero-order chi connectivity index (χ0) is 12.8. The van der Waals surface area contributed by atoms with E-state index in [0.717, 1.165) is 23.3 Å². The predicted octanol–water partition coefficient (Wildman–Crippen LogP) is 2.30. The van der Waals surface area contributed by atoms with Gasteiger partial charge < -0.3 is 11.1 Å². The first kappa shape index (κ1) is 13.7. The van der Waals surface area contributed by atoms with Gasteiger partial charge in [0.25, 0.3) is 0 Å². The fourth-order valence-electron chi connectivity index (χ4n) is 1.47. The van der Waals surface area contributed by atoms with Crippen LogP contribution in [0.15, 0.2) is 0 Å². The van der Waals surface area contributed by atoms with Gasteiger partial charge in [-0.2, -0.15) is 5.26 Å². The number of unbranched alkanes of at least 4 members (excludes halogenated alkanes) is 1. The highest BCUT2D eigenvalue weighted by molar-refractivity contribution is 7.16. The number of anilines is 1. The number of carbonyl (C=O) groups is 1. The number of nitrogens with one attached hydrogen (secondary N) is 1. The van der Waals surface area contributed by atoms with Gasteiger partial charge >= 0.3 is 0 Å². The number of amides is 1. The molecule has 0 aliphatic heterocycles. The third-order valence-corrected chi connectivity index (χ3v) is 3.73. The van der Waals surface area contributed by atoms with Gasteiger partial charge in [0.05, 0.1) is 5.56 Å². The Morgan fingerprint density at radius 1 is 1.47 bits per heavy atom. The van der Waals surface area contributed by atoms with Gasteiger partial charge in [0.2, 0.25) is 5.91 Å². The molecule has 92 valence electrons. The molecule has 17 heavy (non-hydrogen) atoms. The van der Waals surface area contributed by atoms with E-state index in [4.69, 9.17) is 11.0 Å². The summed E-state index contributed by atoms with van der Waals surface area (Å²) in [6.07, 6.45) is 2.09.